The molecular weight excluding hydrogens is 629 g/mol. The number of unbranched alkanes of at least 4 members (excludes halogenated alkanes) is 21. The molecule has 0 N–H and O–H groups in total. The summed E-state index contributed by atoms with van der Waals surface area (Å²) in [4.78, 5) is 0. The van der Waals surface area contributed by atoms with Crippen LogP contribution in [-0.2, 0) is 4.74 Å². The lowest BCUT2D eigenvalue weighted by molar-refractivity contribution is -0.0641. The lowest BCUT2D eigenvalue weighted by Crippen LogP contribution is -2.51. The number of ether oxygens (including phenoxy) is 1. The molecule has 0 aliphatic heterocycles. The predicted molar refractivity (Wildman–Crippen MR) is 230 cm³/mol. The summed E-state index contributed by atoms with van der Waals surface area (Å²) in [5.74, 6) is 5.59. The molecule has 1 heteroatoms. The molecule has 0 saturated heterocycles. The smallest absolute Gasteiger partial charge is 0.0612 e. The number of hydrogen-bond donors (Lipinski definition) is 0. The number of fused-ring (bicyclic) bond motifs is 5. The first kappa shape index (κ1) is 44.4. The van der Waals surface area contributed by atoms with Crippen LogP contribution in [0.3, 0.4) is 0 Å². The van der Waals surface area contributed by atoms with Crippen molar-refractivity contribution in [2.75, 3.05) is 6.61 Å². The maximum atomic E-state index is 6.59. The lowest BCUT2D eigenvalue weighted by Gasteiger charge is -2.58. The van der Waals surface area contributed by atoms with Crippen LogP contribution in [0.1, 0.15) is 253 Å². The molecule has 0 aromatic rings. The third kappa shape index (κ3) is 13.7. The minimum atomic E-state index is 0.456. The molecule has 0 bridgehead atoms. The van der Waals surface area contributed by atoms with Gasteiger partial charge in [-0.1, -0.05) is 207 Å². The van der Waals surface area contributed by atoms with Crippen LogP contribution in [0.15, 0.2) is 11.6 Å². The molecule has 3 fully saturated rings. The van der Waals surface area contributed by atoms with Gasteiger partial charge in [0.2, 0.25) is 0 Å². The van der Waals surface area contributed by atoms with Gasteiger partial charge < -0.3 is 4.74 Å². The first-order valence-corrected chi connectivity index (χ1v) is 24.6. The Labute approximate surface area is 327 Å². The van der Waals surface area contributed by atoms with Crippen molar-refractivity contribution >= 4 is 0 Å². The largest absolute Gasteiger partial charge is 0.378 e. The monoisotopic (exact) mass is 723 g/mol. The van der Waals surface area contributed by atoms with Gasteiger partial charge in [0.1, 0.15) is 0 Å². The van der Waals surface area contributed by atoms with Crippen LogP contribution in [0, 0.1) is 46.3 Å². The molecule has 0 aromatic heterocycles. The number of hydrogen-bond acceptors (Lipinski definition) is 1. The molecule has 0 aromatic carbocycles. The Hall–Kier alpha value is -0.300. The highest BCUT2D eigenvalue weighted by molar-refractivity contribution is 5.25. The van der Waals surface area contributed by atoms with Crippen LogP contribution in [0.25, 0.3) is 0 Å². The van der Waals surface area contributed by atoms with Gasteiger partial charge in [0.05, 0.1) is 6.10 Å². The van der Waals surface area contributed by atoms with Gasteiger partial charge in [-0.25, -0.2) is 0 Å². The van der Waals surface area contributed by atoms with E-state index in [1.807, 2.05) is 0 Å². The van der Waals surface area contributed by atoms with E-state index in [0.29, 0.717) is 16.9 Å². The van der Waals surface area contributed by atoms with Gasteiger partial charge in [0.25, 0.3) is 0 Å². The number of rotatable bonds is 29. The Morgan fingerprint density at radius 3 is 1.67 bits per heavy atom. The van der Waals surface area contributed by atoms with Gasteiger partial charge in [0.15, 0.2) is 0 Å². The van der Waals surface area contributed by atoms with E-state index >= 15 is 0 Å². The summed E-state index contributed by atoms with van der Waals surface area (Å²) in [6, 6.07) is 0. The van der Waals surface area contributed by atoms with Crippen molar-refractivity contribution in [3.05, 3.63) is 11.6 Å². The Morgan fingerprint density at radius 1 is 0.596 bits per heavy atom. The molecule has 0 unspecified atom stereocenters. The summed E-state index contributed by atoms with van der Waals surface area (Å²) in [6.45, 7) is 16.2. The zero-order chi connectivity index (χ0) is 37.1. The van der Waals surface area contributed by atoms with Gasteiger partial charge in [-0.15, -0.1) is 0 Å². The average Bonchev–Trinajstić information content (AvgIpc) is 3.49. The van der Waals surface area contributed by atoms with Crippen LogP contribution in [-0.4, -0.2) is 12.7 Å². The predicted octanol–water partition coefficient (Wildman–Crippen LogP) is 17.0. The second kappa shape index (κ2) is 24.4. The molecule has 3 saturated carbocycles. The SMILES string of the molecule is CCCCCCCCCCCCCCCCCCCCCCCCO[C@H]1CC[C@@]2(C)C(=CC[C@H]3[C@@H]4CC[C@H]([C@H](C)CCCC(C)C)[C@@]4(C)CC[C@@H]32)C1. The molecule has 0 radical (unpaired) electrons. The van der Waals surface area contributed by atoms with Crippen molar-refractivity contribution < 1.29 is 4.74 Å². The molecule has 1 nitrogen and oxygen atoms in total. The standard InChI is InChI=1S/C51H94O/c1-7-8-9-10-11-12-13-14-15-16-17-18-19-20-21-22-23-24-25-26-27-28-40-52-45-36-38-50(5)44(41-45)32-33-46-48-35-34-47(43(4)31-29-30-42(2)3)51(48,6)39-37-49(46)50/h32,42-43,45-49H,7-31,33-41H2,1-6H3/t43-,45+,46+,47-,48+,49+,50+,51-/m1/s1. The van der Waals surface area contributed by atoms with Gasteiger partial charge in [-0.3, -0.25) is 0 Å². The van der Waals surface area contributed by atoms with Crippen LogP contribution < -0.4 is 0 Å². The van der Waals surface area contributed by atoms with E-state index in [1.54, 1.807) is 5.57 Å². The highest BCUT2D eigenvalue weighted by Crippen LogP contribution is 2.67. The summed E-state index contributed by atoms with van der Waals surface area (Å²) in [7, 11) is 0. The average molecular weight is 723 g/mol. The lowest BCUT2D eigenvalue weighted by atomic mass is 9.47. The van der Waals surface area contributed by atoms with Gasteiger partial charge in [-0.2, -0.15) is 0 Å². The quantitative estimate of drug-likeness (QED) is 0.0552. The summed E-state index contributed by atoms with van der Waals surface area (Å²) in [5.41, 5.74) is 2.86. The van der Waals surface area contributed by atoms with E-state index < -0.39 is 0 Å². The topological polar surface area (TPSA) is 9.23 Å². The second-order valence-corrected chi connectivity index (χ2v) is 20.4. The molecule has 0 heterocycles. The van der Waals surface area contributed by atoms with Gasteiger partial charge in [-0.05, 0) is 104 Å². The minimum Gasteiger partial charge on any atom is -0.378 e. The Kier molecular flexibility index (Phi) is 20.8. The summed E-state index contributed by atoms with van der Waals surface area (Å²) < 4.78 is 6.59. The molecular formula is C51H94O. The van der Waals surface area contributed by atoms with Gasteiger partial charge >= 0.3 is 0 Å². The van der Waals surface area contributed by atoms with E-state index in [2.05, 4.69) is 47.6 Å². The summed E-state index contributed by atoms with van der Waals surface area (Å²) >= 11 is 0. The highest BCUT2D eigenvalue weighted by atomic mass is 16.5. The first-order chi connectivity index (χ1) is 25.3. The molecule has 4 aliphatic rings. The highest BCUT2D eigenvalue weighted by Gasteiger charge is 2.59. The summed E-state index contributed by atoms with van der Waals surface area (Å²) in [6.07, 6.45) is 50.8. The Morgan fingerprint density at radius 2 is 1.13 bits per heavy atom. The second-order valence-electron chi connectivity index (χ2n) is 20.4. The van der Waals surface area contributed by atoms with Gasteiger partial charge in [0, 0.05) is 6.61 Å². The van der Waals surface area contributed by atoms with Crippen molar-refractivity contribution in [1.82, 2.24) is 0 Å². The van der Waals surface area contributed by atoms with E-state index in [-0.39, 0.29) is 0 Å². The van der Waals surface area contributed by atoms with Crippen LogP contribution in [0.5, 0.6) is 0 Å². The Bertz CT molecular complexity index is 949. The zero-order valence-corrected chi connectivity index (χ0v) is 36.6. The Balaban J connectivity index is 0.977. The molecule has 52 heavy (non-hydrogen) atoms. The molecule has 0 spiro atoms. The van der Waals surface area contributed by atoms with Crippen molar-refractivity contribution in [1.29, 1.82) is 0 Å². The maximum absolute atomic E-state index is 6.59. The molecule has 8 atom stereocenters. The van der Waals surface area contributed by atoms with E-state index in [0.717, 1.165) is 42.1 Å². The normalized spacial score (nSPS) is 30.6. The van der Waals surface area contributed by atoms with E-state index in [4.69, 9.17) is 4.74 Å². The fourth-order valence-electron chi connectivity index (χ4n) is 12.8. The third-order valence-corrected chi connectivity index (χ3v) is 16.1. The molecule has 0 amide bonds. The molecule has 4 rings (SSSR count). The van der Waals surface area contributed by atoms with Crippen molar-refractivity contribution in [3.63, 3.8) is 0 Å². The fraction of sp³-hybridized carbons (Fsp3) is 0.961. The summed E-state index contributed by atoms with van der Waals surface area (Å²) in [5, 5.41) is 0. The van der Waals surface area contributed by atoms with Crippen LogP contribution >= 0.6 is 0 Å². The zero-order valence-electron chi connectivity index (χ0n) is 36.6. The number of allylic oxidation sites excluding steroid dienone is 1. The van der Waals surface area contributed by atoms with E-state index in [9.17, 15) is 0 Å². The molecule has 4 aliphatic carbocycles. The van der Waals surface area contributed by atoms with Crippen LogP contribution in [0.4, 0.5) is 0 Å². The van der Waals surface area contributed by atoms with Crippen molar-refractivity contribution in [3.8, 4) is 0 Å². The third-order valence-electron chi connectivity index (χ3n) is 16.1. The molecule has 304 valence electrons. The van der Waals surface area contributed by atoms with Crippen molar-refractivity contribution in [2.24, 2.45) is 46.3 Å². The maximum Gasteiger partial charge on any atom is 0.0612 e. The van der Waals surface area contributed by atoms with E-state index in [1.165, 1.54) is 212 Å². The first-order valence-electron chi connectivity index (χ1n) is 24.6. The van der Waals surface area contributed by atoms with Crippen LogP contribution in [0.2, 0.25) is 0 Å². The van der Waals surface area contributed by atoms with Crippen molar-refractivity contribution in [2.45, 2.75) is 260 Å². The minimum absolute atomic E-state index is 0.456. The fourth-order valence-corrected chi connectivity index (χ4v) is 12.8.